The van der Waals surface area contributed by atoms with Crippen molar-refractivity contribution in [2.24, 2.45) is 0 Å². The standard InChI is InChI=1S/C27H26F3N5O/c1-19-7-9-21(10-8-19)22-15-25(27(28,29)30)35-26(31-22)16-23(32-35)24(36)18-34-13-11-33(12-14-34)17-20-5-3-2-4-6-20/h2-10,15-16H,11-14,17-18H2,1H3. The van der Waals surface area contributed by atoms with E-state index in [0.29, 0.717) is 18.7 Å². The molecule has 0 amide bonds. The fraction of sp³-hybridized carbons (Fsp3) is 0.296. The van der Waals surface area contributed by atoms with Crippen LogP contribution in [0.3, 0.4) is 0 Å². The molecular formula is C27H26F3N5O. The molecule has 36 heavy (non-hydrogen) atoms. The maximum atomic E-state index is 13.9. The first-order valence-electron chi connectivity index (χ1n) is 11.8. The van der Waals surface area contributed by atoms with Crippen LogP contribution in [0.5, 0.6) is 0 Å². The van der Waals surface area contributed by atoms with Gasteiger partial charge in [-0.05, 0) is 18.6 Å². The molecule has 5 rings (SSSR count). The molecule has 9 heteroatoms. The van der Waals surface area contributed by atoms with E-state index < -0.39 is 11.9 Å². The molecule has 0 bridgehead atoms. The van der Waals surface area contributed by atoms with Crippen LogP contribution in [0.4, 0.5) is 13.2 Å². The molecule has 0 spiro atoms. The number of aryl methyl sites for hydroxylation is 1. The number of hydrogen-bond acceptors (Lipinski definition) is 5. The SMILES string of the molecule is Cc1ccc(-c2cc(C(F)(F)F)n3nc(C(=O)CN4CCN(Cc5ccccc5)CC4)cc3n2)cc1. The predicted octanol–water partition coefficient (Wildman–Crippen LogP) is 4.72. The molecule has 186 valence electrons. The number of piperazine rings is 1. The highest BCUT2D eigenvalue weighted by atomic mass is 19.4. The Balaban J connectivity index is 1.32. The molecule has 0 N–H and O–H groups in total. The molecule has 6 nitrogen and oxygen atoms in total. The van der Waals surface area contributed by atoms with Gasteiger partial charge in [0.15, 0.2) is 17.1 Å². The van der Waals surface area contributed by atoms with Crippen LogP contribution in [0.15, 0.2) is 66.7 Å². The van der Waals surface area contributed by atoms with Gasteiger partial charge in [0.25, 0.3) is 0 Å². The summed E-state index contributed by atoms with van der Waals surface area (Å²) < 4.78 is 42.3. The zero-order valence-corrected chi connectivity index (χ0v) is 19.9. The first-order valence-corrected chi connectivity index (χ1v) is 11.8. The van der Waals surface area contributed by atoms with Crippen LogP contribution in [0.2, 0.25) is 0 Å². The van der Waals surface area contributed by atoms with Gasteiger partial charge in [-0.15, -0.1) is 0 Å². The average molecular weight is 494 g/mol. The highest BCUT2D eigenvalue weighted by Gasteiger charge is 2.36. The molecule has 3 heterocycles. The Morgan fingerprint density at radius 2 is 1.58 bits per heavy atom. The molecule has 0 radical (unpaired) electrons. The lowest BCUT2D eigenvalue weighted by Gasteiger charge is -2.34. The van der Waals surface area contributed by atoms with Crippen LogP contribution in [0, 0.1) is 6.92 Å². The van der Waals surface area contributed by atoms with Gasteiger partial charge in [-0.25, -0.2) is 9.50 Å². The Kier molecular flexibility index (Phi) is 6.59. The molecule has 2 aromatic carbocycles. The van der Waals surface area contributed by atoms with E-state index in [2.05, 4.69) is 27.1 Å². The number of fused-ring (bicyclic) bond motifs is 1. The van der Waals surface area contributed by atoms with Crippen molar-refractivity contribution < 1.29 is 18.0 Å². The lowest BCUT2D eigenvalue weighted by atomic mass is 10.1. The second-order valence-corrected chi connectivity index (χ2v) is 9.15. The van der Waals surface area contributed by atoms with Crippen LogP contribution in [-0.2, 0) is 12.7 Å². The third-order valence-corrected chi connectivity index (χ3v) is 6.43. The van der Waals surface area contributed by atoms with Crippen molar-refractivity contribution in [2.75, 3.05) is 32.7 Å². The number of rotatable bonds is 6. The minimum Gasteiger partial charge on any atom is -0.297 e. The number of halogens is 3. The fourth-order valence-electron chi connectivity index (χ4n) is 4.42. The monoisotopic (exact) mass is 493 g/mol. The third-order valence-electron chi connectivity index (χ3n) is 6.43. The van der Waals surface area contributed by atoms with Crippen molar-refractivity contribution in [1.82, 2.24) is 24.4 Å². The fourth-order valence-corrected chi connectivity index (χ4v) is 4.42. The van der Waals surface area contributed by atoms with Crippen molar-refractivity contribution in [2.45, 2.75) is 19.6 Å². The van der Waals surface area contributed by atoms with Crippen molar-refractivity contribution >= 4 is 11.4 Å². The molecular weight excluding hydrogens is 467 g/mol. The zero-order chi connectivity index (χ0) is 25.3. The molecule has 1 fully saturated rings. The van der Waals surface area contributed by atoms with Gasteiger partial charge in [0.05, 0.1) is 12.2 Å². The van der Waals surface area contributed by atoms with E-state index >= 15 is 0 Å². The molecule has 4 aromatic rings. The second-order valence-electron chi connectivity index (χ2n) is 9.15. The molecule has 1 saturated heterocycles. The smallest absolute Gasteiger partial charge is 0.297 e. The summed E-state index contributed by atoms with van der Waals surface area (Å²) in [6, 6.07) is 19.6. The number of aromatic nitrogens is 3. The Morgan fingerprint density at radius 3 is 2.25 bits per heavy atom. The molecule has 1 aliphatic rings. The maximum absolute atomic E-state index is 13.9. The van der Waals surface area contributed by atoms with Crippen molar-refractivity contribution in [1.29, 1.82) is 0 Å². The molecule has 0 aliphatic carbocycles. The van der Waals surface area contributed by atoms with Crippen LogP contribution >= 0.6 is 0 Å². The van der Waals surface area contributed by atoms with Crippen LogP contribution in [0.25, 0.3) is 16.9 Å². The first-order chi connectivity index (χ1) is 17.3. The predicted molar refractivity (Wildman–Crippen MR) is 131 cm³/mol. The Labute approximate surface area is 207 Å². The summed E-state index contributed by atoms with van der Waals surface area (Å²) in [5.74, 6) is -0.318. The van der Waals surface area contributed by atoms with Crippen molar-refractivity contribution in [3.8, 4) is 11.3 Å². The summed E-state index contributed by atoms with van der Waals surface area (Å²) >= 11 is 0. The van der Waals surface area contributed by atoms with Crippen LogP contribution in [-0.4, -0.2) is 62.9 Å². The van der Waals surface area contributed by atoms with E-state index in [4.69, 9.17) is 0 Å². The third kappa shape index (κ3) is 5.32. The number of alkyl halides is 3. The van der Waals surface area contributed by atoms with Gasteiger partial charge < -0.3 is 0 Å². The Morgan fingerprint density at radius 1 is 0.917 bits per heavy atom. The summed E-state index contributed by atoms with van der Waals surface area (Å²) in [6.45, 7) is 5.89. The van der Waals surface area contributed by atoms with E-state index in [9.17, 15) is 18.0 Å². The van der Waals surface area contributed by atoms with Crippen LogP contribution in [0.1, 0.15) is 27.3 Å². The average Bonchev–Trinajstić information content (AvgIpc) is 3.29. The number of carbonyl (C=O) groups is 1. The summed E-state index contributed by atoms with van der Waals surface area (Å²) in [4.78, 5) is 21.7. The molecule has 0 unspecified atom stereocenters. The highest BCUT2D eigenvalue weighted by Crippen LogP contribution is 2.32. The number of carbonyl (C=O) groups excluding carboxylic acids is 1. The topological polar surface area (TPSA) is 53.7 Å². The van der Waals surface area contributed by atoms with Gasteiger partial charge in [-0.1, -0.05) is 60.2 Å². The van der Waals surface area contributed by atoms with Gasteiger partial charge in [0.1, 0.15) is 5.69 Å². The van der Waals surface area contributed by atoms with Crippen LogP contribution < -0.4 is 0 Å². The lowest BCUT2D eigenvalue weighted by molar-refractivity contribution is -0.142. The number of ketones is 1. The first kappa shape index (κ1) is 24.1. The van der Waals surface area contributed by atoms with E-state index in [-0.39, 0.29) is 29.4 Å². The largest absolute Gasteiger partial charge is 0.433 e. The minimum atomic E-state index is -4.65. The van der Waals surface area contributed by atoms with Crippen molar-refractivity contribution in [3.05, 3.63) is 89.2 Å². The van der Waals surface area contributed by atoms with Gasteiger partial charge in [-0.2, -0.15) is 18.3 Å². The summed E-state index contributed by atoms with van der Waals surface area (Å²) in [5.41, 5.74) is 2.01. The summed E-state index contributed by atoms with van der Waals surface area (Å²) in [6.07, 6.45) is -4.65. The second kappa shape index (κ2) is 9.83. The number of benzene rings is 2. The molecule has 1 aliphatic heterocycles. The minimum absolute atomic E-state index is 0.00331. The van der Waals surface area contributed by atoms with Crippen molar-refractivity contribution in [3.63, 3.8) is 0 Å². The molecule has 0 saturated carbocycles. The van der Waals surface area contributed by atoms with Gasteiger partial charge >= 0.3 is 6.18 Å². The Hall–Kier alpha value is -3.56. The lowest BCUT2D eigenvalue weighted by Crippen LogP contribution is -2.47. The van der Waals surface area contributed by atoms with E-state index in [0.717, 1.165) is 35.8 Å². The molecule has 2 aromatic heterocycles. The maximum Gasteiger partial charge on any atom is 0.433 e. The normalized spacial score (nSPS) is 15.4. The van der Waals surface area contributed by atoms with E-state index in [1.54, 1.807) is 12.1 Å². The number of Topliss-reactive ketones (excluding diaryl/α,β-unsaturated/α-hetero) is 1. The van der Waals surface area contributed by atoms with Gasteiger partial charge in [0.2, 0.25) is 0 Å². The quantitative estimate of drug-likeness (QED) is 0.364. The zero-order valence-electron chi connectivity index (χ0n) is 19.9. The van der Waals surface area contributed by atoms with E-state index in [1.165, 1.54) is 11.6 Å². The van der Waals surface area contributed by atoms with Gasteiger partial charge in [-0.3, -0.25) is 14.6 Å². The summed E-state index contributed by atoms with van der Waals surface area (Å²) in [7, 11) is 0. The van der Waals surface area contributed by atoms with E-state index in [1.807, 2.05) is 42.2 Å². The highest BCUT2D eigenvalue weighted by molar-refractivity contribution is 5.96. The number of nitrogens with zero attached hydrogens (tertiary/aromatic N) is 5. The van der Waals surface area contributed by atoms with Gasteiger partial charge in [0, 0.05) is 44.4 Å². The molecule has 0 atom stereocenters. The Bertz CT molecular complexity index is 1360. The number of hydrogen-bond donors (Lipinski definition) is 0. The summed E-state index contributed by atoms with van der Waals surface area (Å²) in [5, 5.41) is 4.01.